The molecule has 0 bridgehead atoms. The SMILES string of the molecule is CNC(=O)[C@@H](Cc1ccccc1)N(Cc1cccc(Cl)c1)C(=O)CN(c1ccc(C(C)(C)C)cc1)S(C)(=O)=O. The number of hydrogen-bond donors (Lipinski definition) is 1. The highest BCUT2D eigenvalue weighted by molar-refractivity contribution is 7.92. The number of hydrogen-bond acceptors (Lipinski definition) is 4. The van der Waals surface area contributed by atoms with Crippen molar-refractivity contribution in [1.29, 1.82) is 0 Å². The number of likely N-dealkylation sites (N-methyl/N-ethyl adjacent to an activating group) is 1. The molecule has 1 N–H and O–H groups in total. The topological polar surface area (TPSA) is 86.8 Å². The number of nitrogens with one attached hydrogen (secondary N) is 1. The molecular formula is C30H36ClN3O4S. The number of sulfonamides is 1. The average molecular weight is 570 g/mol. The molecule has 3 aromatic rings. The van der Waals surface area contributed by atoms with Crippen molar-refractivity contribution in [2.24, 2.45) is 0 Å². The van der Waals surface area contributed by atoms with Crippen molar-refractivity contribution >= 4 is 39.1 Å². The van der Waals surface area contributed by atoms with Crippen LogP contribution in [0, 0.1) is 0 Å². The van der Waals surface area contributed by atoms with E-state index in [2.05, 4.69) is 26.1 Å². The first-order valence-corrected chi connectivity index (χ1v) is 14.9. The summed E-state index contributed by atoms with van der Waals surface area (Å²) in [5.41, 5.74) is 2.89. The van der Waals surface area contributed by atoms with E-state index in [-0.39, 0.29) is 24.3 Å². The number of benzene rings is 3. The van der Waals surface area contributed by atoms with Crippen LogP contribution in [0.15, 0.2) is 78.9 Å². The Morgan fingerprint density at radius 2 is 1.54 bits per heavy atom. The third kappa shape index (κ3) is 8.31. The monoisotopic (exact) mass is 569 g/mol. The van der Waals surface area contributed by atoms with Crippen molar-refractivity contribution in [3.8, 4) is 0 Å². The zero-order valence-corrected chi connectivity index (χ0v) is 24.6. The van der Waals surface area contributed by atoms with Gasteiger partial charge in [0.15, 0.2) is 0 Å². The van der Waals surface area contributed by atoms with Crippen LogP contribution in [0.4, 0.5) is 5.69 Å². The number of carbonyl (C=O) groups excluding carboxylic acids is 2. The second-order valence-electron chi connectivity index (χ2n) is 10.5. The third-order valence-electron chi connectivity index (χ3n) is 6.46. The first kappa shape index (κ1) is 30.2. The van der Waals surface area contributed by atoms with Crippen LogP contribution in [-0.2, 0) is 38.0 Å². The van der Waals surface area contributed by atoms with Gasteiger partial charge in [-0.2, -0.15) is 0 Å². The van der Waals surface area contributed by atoms with E-state index in [4.69, 9.17) is 11.6 Å². The van der Waals surface area contributed by atoms with Crippen molar-refractivity contribution in [3.63, 3.8) is 0 Å². The standard InChI is InChI=1S/C30H36ClN3O4S/c1-30(2,3)24-14-16-26(17-15-24)34(39(5,37)38)21-28(35)33(20-23-12-9-13-25(31)18-23)27(29(36)32-4)19-22-10-7-6-8-11-22/h6-18,27H,19-21H2,1-5H3,(H,32,36)/t27-/m1/s1. The molecule has 0 aliphatic heterocycles. The van der Waals surface area contributed by atoms with Gasteiger partial charge in [0.2, 0.25) is 21.8 Å². The van der Waals surface area contributed by atoms with E-state index in [1.165, 1.54) is 11.9 Å². The molecule has 0 unspecified atom stereocenters. The average Bonchev–Trinajstić information content (AvgIpc) is 2.88. The first-order chi connectivity index (χ1) is 18.3. The minimum Gasteiger partial charge on any atom is -0.357 e. The van der Waals surface area contributed by atoms with Crippen LogP contribution < -0.4 is 9.62 Å². The smallest absolute Gasteiger partial charge is 0.244 e. The Balaban J connectivity index is 2.02. The van der Waals surface area contributed by atoms with E-state index >= 15 is 0 Å². The molecule has 0 saturated heterocycles. The largest absolute Gasteiger partial charge is 0.357 e. The summed E-state index contributed by atoms with van der Waals surface area (Å²) in [6.45, 7) is 5.82. The Labute approximate surface area is 236 Å². The fourth-order valence-electron chi connectivity index (χ4n) is 4.29. The van der Waals surface area contributed by atoms with Gasteiger partial charge < -0.3 is 10.2 Å². The number of amides is 2. The van der Waals surface area contributed by atoms with Crippen LogP contribution in [-0.4, -0.2) is 51.0 Å². The van der Waals surface area contributed by atoms with Gasteiger partial charge in [-0.25, -0.2) is 8.42 Å². The highest BCUT2D eigenvalue weighted by atomic mass is 35.5. The molecule has 2 amide bonds. The van der Waals surface area contributed by atoms with Crippen LogP contribution in [0.2, 0.25) is 5.02 Å². The van der Waals surface area contributed by atoms with Crippen molar-refractivity contribution in [3.05, 3.63) is 101 Å². The second-order valence-corrected chi connectivity index (χ2v) is 12.9. The summed E-state index contributed by atoms with van der Waals surface area (Å²) in [5, 5.41) is 3.16. The Morgan fingerprint density at radius 1 is 0.923 bits per heavy atom. The van der Waals surface area contributed by atoms with Crippen LogP contribution in [0.5, 0.6) is 0 Å². The Morgan fingerprint density at radius 3 is 2.08 bits per heavy atom. The fraction of sp³-hybridized carbons (Fsp3) is 0.333. The molecule has 7 nitrogen and oxygen atoms in total. The summed E-state index contributed by atoms with van der Waals surface area (Å²) < 4.78 is 26.8. The lowest BCUT2D eigenvalue weighted by molar-refractivity contribution is -0.139. The van der Waals surface area contributed by atoms with E-state index in [0.717, 1.165) is 27.3 Å². The summed E-state index contributed by atoms with van der Waals surface area (Å²) >= 11 is 6.21. The Kier molecular flexibility index (Phi) is 9.80. The lowest BCUT2D eigenvalue weighted by Gasteiger charge is -2.33. The zero-order chi connectivity index (χ0) is 28.8. The summed E-state index contributed by atoms with van der Waals surface area (Å²) in [4.78, 5) is 28.5. The number of halogens is 1. The third-order valence-corrected chi connectivity index (χ3v) is 7.84. The molecule has 0 spiro atoms. The van der Waals surface area contributed by atoms with Crippen molar-refractivity contribution in [1.82, 2.24) is 10.2 Å². The minimum absolute atomic E-state index is 0.0743. The Hall–Kier alpha value is -3.36. The van der Waals surface area contributed by atoms with Gasteiger partial charge in [0.1, 0.15) is 12.6 Å². The molecule has 0 heterocycles. The van der Waals surface area contributed by atoms with E-state index in [1.54, 1.807) is 30.3 Å². The molecule has 208 valence electrons. The predicted molar refractivity (Wildman–Crippen MR) is 157 cm³/mol. The van der Waals surface area contributed by atoms with Gasteiger partial charge in [-0.15, -0.1) is 0 Å². The lowest BCUT2D eigenvalue weighted by Crippen LogP contribution is -2.52. The van der Waals surface area contributed by atoms with Gasteiger partial charge >= 0.3 is 0 Å². The molecule has 39 heavy (non-hydrogen) atoms. The molecule has 3 aromatic carbocycles. The van der Waals surface area contributed by atoms with Crippen LogP contribution >= 0.6 is 11.6 Å². The molecule has 0 saturated carbocycles. The van der Waals surface area contributed by atoms with Crippen molar-refractivity contribution in [2.75, 3.05) is 24.2 Å². The van der Waals surface area contributed by atoms with Crippen molar-refractivity contribution in [2.45, 2.75) is 45.2 Å². The van der Waals surface area contributed by atoms with Gasteiger partial charge in [-0.05, 0) is 46.4 Å². The molecule has 0 fully saturated rings. The lowest BCUT2D eigenvalue weighted by atomic mass is 9.87. The van der Waals surface area contributed by atoms with Crippen LogP contribution in [0.1, 0.15) is 37.5 Å². The molecule has 0 aromatic heterocycles. The summed E-state index contributed by atoms with van der Waals surface area (Å²) in [6, 6.07) is 22.7. The fourth-order valence-corrected chi connectivity index (χ4v) is 5.36. The highest BCUT2D eigenvalue weighted by Crippen LogP contribution is 2.26. The van der Waals surface area contributed by atoms with Gasteiger partial charge in [0, 0.05) is 25.0 Å². The number of rotatable bonds is 10. The maximum Gasteiger partial charge on any atom is 0.244 e. The Bertz CT molecular complexity index is 1390. The molecule has 3 rings (SSSR count). The molecule has 0 aliphatic carbocycles. The van der Waals surface area contributed by atoms with Crippen molar-refractivity contribution < 1.29 is 18.0 Å². The summed E-state index contributed by atoms with van der Waals surface area (Å²) in [7, 11) is -2.30. The predicted octanol–water partition coefficient (Wildman–Crippen LogP) is 4.79. The summed E-state index contributed by atoms with van der Waals surface area (Å²) in [5.74, 6) is -0.862. The quantitative estimate of drug-likeness (QED) is 0.380. The number of nitrogens with zero attached hydrogens (tertiary/aromatic N) is 2. The molecule has 0 aliphatic rings. The summed E-state index contributed by atoms with van der Waals surface area (Å²) in [6.07, 6.45) is 1.32. The van der Waals surface area contributed by atoms with Gasteiger partial charge in [-0.3, -0.25) is 13.9 Å². The second kappa shape index (κ2) is 12.7. The van der Waals surface area contributed by atoms with E-state index < -0.39 is 28.5 Å². The van der Waals surface area contributed by atoms with Gasteiger partial charge in [0.25, 0.3) is 0 Å². The van der Waals surface area contributed by atoms with E-state index in [0.29, 0.717) is 10.7 Å². The van der Waals surface area contributed by atoms with Gasteiger partial charge in [0.05, 0.1) is 11.9 Å². The molecule has 9 heteroatoms. The molecule has 0 radical (unpaired) electrons. The first-order valence-electron chi connectivity index (χ1n) is 12.7. The maximum atomic E-state index is 13.9. The molecular weight excluding hydrogens is 534 g/mol. The van der Waals surface area contributed by atoms with E-state index in [9.17, 15) is 18.0 Å². The van der Waals surface area contributed by atoms with E-state index in [1.807, 2.05) is 48.5 Å². The zero-order valence-electron chi connectivity index (χ0n) is 23.0. The minimum atomic E-state index is -3.82. The highest BCUT2D eigenvalue weighted by Gasteiger charge is 2.32. The normalized spacial score (nSPS) is 12.5. The van der Waals surface area contributed by atoms with Gasteiger partial charge in [-0.1, -0.05) is 87.0 Å². The maximum absolute atomic E-state index is 13.9. The van der Waals surface area contributed by atoms with Crippen LogP contribution in [0.3, 0.4) is 0 Å². The number of anilines is 1. The molecule has 1 atom stereocenters. The number of carbonyl (C=O) groups is 2. The van der Waals surface area contributed by atoms with Crippen LogP contribution in [0.25, 0.3) is 0 Å².